The zero-order valence-electron chi connectivity index (χ0n) is 11.6. The number of nitrogens with zero attached hydrogens (tertiary/aromatic N) is 1. The maximum atomic E-state index is 12.7. The van der Waals surface area contributed by atoms with Crippen LogP contribution in [0, 0.1) is 0 Å². The second-order valence-corrected chi connectivity index (χ2v) is 5.23. The van der Waals surface area contributed by atoms with Gasteiger partial charge in [0.05, 0.1) is 23.7 Å². The molecule has 1 aliphatic rings. The van der Waals surface area contributed by atoms with E-state index in [0.29, 0.717) is 12.1 Å². The van der Waals surface area contributed by atoms with E-state index >= 15 is 0 Å². The first-order valence-corrected chi connectivity index (χ1v) is 6.80. The molecule has 0 radical (unpaired) electrons. The summed E-state index contributed by atoms with van der Waals surface area (Å²) in [4.78, 5) is 28.4. The van der Waals surface area contributed by atoms with Crippen molar-refractivity contribution in [3.05, 3.63) is 36.0 Å². The van der Waals surface area contributed by atoms with Crippen molar-refractivity contribution in [2.75, 3.05) is 13.1 Å². The number of amides is 1. The molecule has 2 N–H and O–H groups in total. The highest BCUT2D eigenvalue weighted by Crippen LogP contribution is 2.21. The Balaban J connectivity index is 1.90. The van der Waals surface area contributed by atoms with Gasteiger partial charge in [-0.1, -0.05) is 12.1 Å². The molecule has 110 valence electrons. The van der Waals surface area contributed by atoms with E-state index in [1.807, 2.05) is 18.2 Å². The number of benzene rings is 1. The minimum Gasteiger partial charge on any atom is -0.479 e. The molecular weight excluding hydrogens is 272 g/mol. The summed E-state index contributed by atoms with van der Waals surface area (Å²) in [5, 5.41) is 10.1. The minimum atomic E-state index is -1.04. The number of hydrogen-bond acceptors (Lipinski definition) is 3. The molecular formula is C15H16N2O4. The Labute approximate surface area is 121 Å². The molecule has 1 aromatic carbocycles. The number of para-hydroxylation sites is 1. The van der Waals surface area contributed by atoms with Crippen LogP contribution in [0.2, 0.25) is 0 Å². The van der Waals surface area contributed by atoms with Gasteiger partial charge in [0.25, 0.3) is 5.91 Å². The highest BCUT2D eigenvalue weighted by atomic mass is 16.5. The third-order valence-electron chi connectivity index (χ3n) is 3.64. The van der Waals surface area contributed by atoms with Crippen LogP contribution in [-0.2, 0) is 9.53 Å². The zero-order valence-corrected chi connectivity index (χ0v) is 11.6. The first-order valence-electron chi connectivity index (χ1n) is 6.80. The van der Waals surface area contributed by atoms with Gasteiger partial charge >= 0.3 is 5.97 Å². The van der Waals surface area contributed by atoms with Crippen molar-refractivity contribution in [1.29, 1.82) is 0 Å². The summed E-state index contributed by atoms with van der Waals surface area (Å²) in [6.07, 6.45) is 0.510. The lowest BCUT2D eigenvalue weighted by molar-refractivity contribution is -0.160. The molecule has 2 aromatic rings. The molecule has 2 atom stereocenters. The summed E-state index contributed by atoms with van der Waals surface area (Å²) in [6.45, 7) is 2.22. The normalized spacial score (nSPS) is 22.4. The van der Waals surface area contributed by atoms with Crippen LogP contribution in [0.3, 0.4) is 0 Å². The molecule has 1 aliphatic heterocycles. The highest BCUT2D eigenvalue weighted by molar-refractivity contribution is 6.05. The highest BCUT2D eigenvalue weighted by Gasteiger charge is 2.33. The summed E-state index contributed by atoms with van der Waals surface area (Å²) in [5.41, 5.74) is 1.32. The predicted octanol–water partition coefficient (Wildman–Crippen LogP) is 1.48. The number of rotatable bonds is 2. The largest absolute Gasteiger partial charge is 0.479 e. The number of fused-ring (bicyclic) bond motifs is 1. The molecule has 1 fully saturated rings. The summed E-state index contributed by atoms with van der Waals surface area (Å²) < 4.78 is 5.34. The average molecular weight is 288 g/mol. The first-order chi connectivity index (χ1) is 10.1. The molecule has 1 saturated heterocycles. The summed E-state index contributed by atoms with van der Waals surface area (Å²) >= 11 is 0. The fourth-order valence-corrected chi connectivity index (χ4v) is 2.69. The quantitative estimate of drug-likeness (QED) is 0.877. The van der Waals surface area contributed by atoms with Crippen molar-refractivity contribution in [3.8, 4) is 0 Å². The molecule has 1 amide bonds. The molecule has 2 heterocycles. The van der Waals surface area contributed by atoms with Crippen LogP contribution in [0.15, 0.2) is 30.5 Å². The average Bonchev–Trinajstić information content (AvgIpc) is 2.94. The van der Waals surface area contributed by atoms with E-state index in [2.05, 4.69) is 4.98 Å². The van der Waals surface area contributed by atoms with Gasteiger partial charge in [-0.25, -0.2) is 4.79 Å². The van der Waals surface area contributed by atoms with Crippen LogP contribution in [0.4, 0.5) is 0 Å². The topological polar surface area (TPSA) is 82.6 Å². The van der Waals surface area contributed by atoms with E-state index in [1.165, 1.54) is 0 Å². The van der Waals surface area contributed by atoms with E-state index in [1.54, 1.807) is 24.1 Å². The molecule has 21 heavy (non-hydrogen) atoms. The van der Waals surface area contributed by atoms with Crippen molar-refractivity contribution in [1.82, 2.24) is 9.88 Å². The van der Waals surface area contributed by atoms with E-state index in [9.17, 15) is 9.59 Å². The molecule has 3 rings (SSSR count). The van der Waals surface area contributed by atoms with E-state index in [-0.39, 0.29) is 18.6 Å². The van der Waals surface area contributed by atoms with Crippen LogP contribution in [0.1, 0.15) is 17.3 Å². The maximum absolute atomic E-state index is 12.7. The fraction of sp³-hybridized carbons (Fsp3) is 0.333. The number of carboxylic acids is 1. The molecule has 0 spiro atoms. The second kappa shape index (κ2) is 5.21. The first kappa shape index (κ1) is 13.6. The van der Waals surface area contributed by atoms with Gasteiger partial charge in [0.1, 0.15) is 0 Å². The number of hydrogen-bond donors (Lipinski definition) is 2. The Bertz CT molecular complexity index is 694. The lowest BCUT2D eigenvalue weighted by Gasteiger charge is -2.35. The van der Waals surface area contributed by atoms with Gasteiger partial charge in [-0.15, -0.1) is 0 Å². The van der Waals surface area contributed by atoms with Gasteiger partial charge in [0.15, 0.2) is 6.10 Å². The summed E-state index contributed by atoms with van der Waals surface area (Å²) in [5.74, 6) is -1.22. The van der Waals surface area contributed by atoms with Crippen LogP contribution >= 0.6 is 0 Å². The molecule has 6 nitrogen and oxygen atoms in total. The van der Waals surface area contributed by atoms with Gasteiger partial charge in [0.2, 0.25) is 0 Å². The Hall–Kier alpha value is -2.34. The smallest absolute Gasteiger partial charge is 0.334 e. The number of carboxylic acid groups (broad SMARTS) is 1. The summed E-state index contributed by atoms with van der Waals surface area (Å²) in [6, 6.07) is 7.39. The van der Waals surface area contributed by atoms with Crippen LogP contribution in [0.25, 0.3) is 10.9 Å². The number of nitrogens with one attached hydrogen (secondary N) is 1. The Morgan fingerprint density at radius 2 is 2.14 bits per heavy atom. The van der Waals surface area contributed by atoms with Gasteiger partial charge in [0, 0.05) is 18.1 Å². The van der Waals surface area contributed by atoms with E-state index < -0.39 is 12.1 Å². The summed E-state index contributed by atoms with van der Waals surface area (Å²) in [7, 11) is 0. The minimum absolute atomic E-state index is 0.0651. The van der Waals surface area contributed by atoms with Gasteiger partial charge in [-0.3, -0.25) is 4.79 Å². The Morgan fingerprint density at radius 1 is 1.33 bits per heavy atom. The number of carbonyl (C=O) groups is 2. The van der Waals surface area contributed by atoms with Gasteiger partial charge in [-0.05, 0) is 19.1 Å². The molecule has 0 bridgehead atoms. The second-order valence-electron chi connectivity index (χ2n) is 5.23. The predicted molar refractivity (Wildman–Crippen MR) is 76.2 cm³/mol. The van der Waals surface area contributed by atoms with Crippen molar-refractivity contribution in [3.63, 3.8) is 0 Å². The van der Waals surface area contributed by atoms with E-state index in [4.69, 9.17) is 9.84 Å². The number of carbonyl (C=O) groups excluding carboxylic acids is 1. The Kier molecular flexibility index (Phi) is 3.39. The molecule has 6 heteroatoms. The van der Waals surface area contributed by atoms with Crippen LogP contribution in [-0.4, -0.2) is 52.2 Å². The fourth-order valence-electron chi connectivity index (χ4n) is 2.69. The van der Waals surface area contributed by atoms with Crippen molar-refractivity contribution in [2.24, 2.45) is 0 Å². The molecule has 0 aliphatic carbocycles. The number of H-pyrrole nitrogens is 1. The lowest BCUT2D eigenvalue weighted by Crippen LogP contribution is -2.51. The standard InChI is InChI=1S/C15H16N2O4/c1-9-7-17(8-12(21-9)15(19)20)14(18)11-4-2-3-10-5-6-16-13(10)11/h2-6,9,12,16H,7-8H2,1H3,(H,19,20)/t9-,12?/m1/s1. The third-order valence-corrected chi connectivity index (χ3v) is 3.64. The van der Waals surface area contributed by atoms with Crippen molar-refractivity contribution in [2.45, 2.75) is 19.1 Å². The number of ether oxygens (including phenoxy) is 1. The van der Waals surface area contributed by atoms with Crippen molar-refractivity contribution >= 4 is 22.8 Å². The van der Waals surface area contributed by atoms with Crippen LogP contribution < -0.4 is 0 Å². The Morgan fingerprint density at radius 3 is 2.90 bits per heavy atom. The number of morpholine rings is 1. The van der Waals surface area contributed by atoms with Gasteiger partial charge < -0.3 is 19.7 Å². The molecule has 1 aromatic heterocycles. The number of aliphatic carboxylic acids is 1. The van der Waals surface area contributed by atoms with Gasteiger partial charge in [-0.2, -0.15) is 0 Å². The number of aromatic amines is 1. The third kappa shape index (κ3) is 2.50. The van der Waals surface area contributed by atoms with E-state index in [0.717, 1.165) is 10.9 Å². The monoisotopic (exact) mass is 288 g/mol. The zero-order chi connectivity index (χ0) is 15.0. The maximum Gasteiger partial charge on any atom is 0.334 e. The molecule has 0 saturated carbocycles. The number of aromatic nitrogens is 1. The van der Waals surface area contributed by atoms with Crippen LogP contribution in [0.5, 0.6) is 0 Å². The molecule has 1 unspecified atom stereocenters. The van der Waals surface area contributed by atoms with Crippen molar-refractivity contribution < 1.29 is 19.4 Å². The SMILES string of the molecule is C[C@@H]1CN(C(=O)c2cccc3cc[nH]c23)CC(C(=O)O)O1. The lowest BCUT2D eigenvalue weighted by atomic mass is 10.1.